The molecule has 0 unspecified atom stereocenters. The maximum absolute atomic E-state index is 5.82. The van der Waals surface area contributed by atoms with Crippen molar-refractivity contribution in [1.29, 1.82) is 0 Å². The van der Waals surface area contributed by atoms with Crippen molar-refractivity contribution in [1.82, 2.24) is 9.99 Å². The van der Waals surface area contributed by atoms with Gasteiger partial charge in [0.05, 0.1) is 6.04 Å². The first-order valence-electron chi connectivity index (χ1n) is 4.40. The van der Waals surface area contributed by atoms with Crippen molar-refractivity contribution in [3.05, 3.63) is 29.0 Å². The smallest absolute Gasteiger partial charge is 0.129 e. The van der Waals surface area contributed by atoms with Gasteiger partial charge in [0.25, 0.3) is 0 Å². The van der Waals surface area contributed by atoms with Gasteiger partial charge in [0, 0.05) is 12.7 Å². The molecule has 1 fully saturated rings. The van der Waals surface area contributed by atoms with Crippen LogP contribution in [-0.4, -0.2) is 16.5 Å². The highest BCUT2D eigenvalue weighted by Gasteiger charge is 2.23. The van der Waals surface area contributed by atoms with Gasteiger partial charge < -0.3 is 0 Å². The van der Waals surface area contributed by atoms with E-state index in [4.69, 9.17) is 17.4 Å². The second-order valence-electron chi connectivity index (χ2n) is 3.31. The van der Waals surface area contributed by atoms with E-state index in [2.05, 4.69) is 4.98 Å². The van der Waals surface area contributed by atoms with Crippen LogP contribution in [0.3, 0.4) is 0 Å². The van der Waals surface area contributed by atoms with Gasteiger partial charge >= 0.3 is 0 Å². The van der Waals surface area contributed by atoms with Gasteiger partial charge in [-0.25, -0.2) is 9.99 Å². The van der Waals surface area contributed by atoms with Crippen LogP contribution in [0.15, 0.2) is 18.3 Å². The second kappa shape index (κ2) is 3.62. The van der Waals surface area contributed by atoms with Crippen molar-refractivity contribution in [2.45, 2.75) is 18.9 Å². The molecule has 0 bridgehead atoms. The average molecular weight is 198 g/mol. The van der Waals surface area contributed by atoms with Gasteiger partial charge in [0.15, 0.2) is 0 Å². The summed E-state index contributed by atoms with van der Waals surface area (Å²) in [6.07, 6.45) is 4.07. The molecule has 13 heavy (non-hydrogen) atoms. The van der Waals surface area contributed by atoms with Crippen molar-refractivity contribution in [2.75, 3.05) is 6.54 Å². The Hall–Kier alpha value is -0.640. The van der Waals surface area contributed by atoms with E-state index in [-0.39, 0.29) is 0 Å². The van der Waals surface area contributed by atoms with Gasteiger partial charge in [-0.2, -0.15) is 0 Å². The lowest BCUT2D eigenvalue weighted by molar-refractivity contribution is 0.266. The Labute approximate surface area is 82.5 Å². The summed E-state index contributed by atoms with van der Waals surface area (Å²) < 4.78 is 0. The first kappa shape index (κ1) is 8.94. The largest absolute Gasteiger partial charge is 0.268 e. The zero-order valence-corrected chi connectivity index (χ0v) is 8.04. The van der Waals surface area contributed by atoms with Crippen LogP contribution in [-0.2, 0) is 0 Å². The Balaban J connectivity index is 2.20. The van der Waals surface area contributed by atoms with Gasteiger partial charge in [-0.3, -0.25) is 5.84 Å². The van der Waals surface area contributed by atoms with Crippen molar-refractivity contribution >= 4 is 11.6 Å². The maximum Gasteiger partial charge on any atom is 0.129 e. The summed E-state index contributed by atoms with van der Waals surface area (Å²) in [5.74, 6) is 5.82. The second-order valence-corrected chi connectivity index (χ2v) is 3.70. The highest BCUT2D eigenvalue weighted by molar-refractivity contribution is 6.29. The third-order valence-corrected chi connectivity index (χ3v) is 2.65. The summed E-state index contributed by atoms with van der Waals surface area (Å²) in [5, 5.41) is 2.40. The fourth-order valence-electron chi connectivity index (χ4n) is 1.73. The molecule has 2 N–H and O–H groups in total. The monoisotopic (exact) mass is 197 g/mol. The van der Waals surface area contributed by atoms with E-state index in [1.807, 2.05) is 17.1 Å². The van der Waals surface area contributed by atoms with E-state index >= 15 is 0 Å². The van der Waals surface area contributed by atoms with Gasteiger partial charge in [-0.15, -0.1) is 0 Å². The van der Waals surface area contributed by atoms with Crippen molar-refractivity contribution in [2.24, 2.45) is 5.84 Å². The highest BCUT2D eigenvalue weighted by Crippen LogP contribution is 2.28. The predicted molar refractivity (Wildman–Crippen MR) is 52.1 cm³/mol. The van der Waals surface area contributed by atoms with Crippen LogP contribution in [0, 0.1) is 0 Å². The Morgan fingerprint density at radius 3 is 2.92 bits per heavy atom. The molecule has 0 spiro atoms. The van der Waals surface area contributed by atoms with Gasteiger partial charge in [0.2, 0.25) is 0 Å². The zero-order valence-electron chi connectivity index (χ0n) is 7.28. The first-order chi connectivity index (χ1) is 6.27. The van der Waals surface area contributed by atoms with Crippen molar-refractivity contribution < 1.29 is 0 Å². The quantitative estimate of drug-likeness (QED) is 0.551. The van der Waals surface area contributed by atoms with Crippen LogP contribution >= 0.6 is 11.6 Å². The van der Waals surface area contributed by atoms with Crippen molar-refractivity contribution in [3.8, 4) is 0 Å². The molecule has 0 saturated carbocycles. The van der Waals surface area contributed by atoms with Crippen LogP contribution < -0.4 is 5.84 Å². The minimum atomic E-state index is 0.324. The lowest BCUT2D eigenvalue weighted by Crippen LogP contribution is -2.30. The lowest BCUT2D eigenvalue weighted by atomic mass is 10.1. The standard InChI is InChI=1S/C9H12ClN3/c10-9-4-3-7(6-12-9)8-2-1-5-13(8)11/h3-4,6,8H,1-2,5,11H2/t8-/m1/s1. The fourth-order valence-corrected chi connectivity index (χ4v) is 1.84. The number of pyridine rings is 1. The third kappa shape index (κ3) is 1.82. The number of hydrazine groups is 1. The molecule has 2 rings (SSSR count). The molecule has 0 aromatic carbocycles. The maximum atomic E-state index is 5.82. The van der Waals surface area contributed by atoms with E-state index in [9.17, 15) is 0 Å². The van der Waals surface area contributed by atoms with E-state index in [0.717, 1.165) is 24.9 Å². The molecule has 4 heteroatoms. The molecule has 1 aromatic heterocycles. The first-order valence-corrected chi connectivity index (χ1v) is 4.78. The van der Waals surface area contributed by atoms with Gasteiger partial charge in [-0.05, 0) is 24.5 Å². The molecule has 70 valence electrons. The number of hydrogen-bond acceptors (Lipinski definition) is 3. The number of rotatable bonds is 1. The van der Waals surface area contributed by atoms with Gasteiger partial charge in [0.1, 0.15) is 5.15 Å². The van der Waals surface area contributed by atoms with Gasteiger partial charge in [-0.1, -0.05) is 17.7 Å². The molecule has 2 heterocycles. The number of nitrogens with two attached hydrogens (primary N) is 1. The predicted octanol–water partition coefficient (Wildman–Crippen LogP) is 1.75. The molecule has 1 aliphatic rings. The number of hydrogen-bond donors (Lipinski definition) is 1. The number of halogens is 1. The Bertz CT molecular complexity index is 285. The van der Waals surface area contributed by atoms with Crippen LogP contribution in [0.2, 0.25) is 5.15 Å². The molecule has 1 aliphatic heterocycles. The molecule has 1 aromatic rings. The van der Waals surface area contributed by atoms with E-state index in [1.54, 1.807) is 6.20 Å². The Morgan fingerprint density at radius 2 is 2.38 bits per heavy atom. The Morgan fingerprint density at radius 1 is 1.54 bits per heavy atom. The normalized spacial score (nSPS) is 23.7. The molecule has 0 aliphatic carbocycles. The molecule has 0 radical (unpaired) electrons. The van der Waals surface area contributed by atoms with E-state index in [0.29, 0.717) is 11.2 Å². The summed E-state index contributed by atoms with van der Waals surface area (Å²) in [7, 11) is 0. The summed E-state index contributed by atoms with van der Waals surface area (Å²) in [4.78, 5) is 4.04. The van der Waals surface area contributed by atoms with Crippen LogP contribution in [0.4, 0.5) is 0 Å². The summed E-state index contributed by atoms with van der Waals surface area (Å²) >= 11 is 5.70. The van der Waals surface area contributed by atoms with Crippen LogP contribution in [0.25, 0.3) is 0 Å². The topological polar surface area (TPSA) is 42.1 Å². The summed E-state index contributed by atoms with van der Waals surface area (Å²) in [6.45, 7) is 0.966. The molecule has 3 nitrogen and oxygen atoms in total. The molecule has 0 amide bonds. The molecule has 1 saturated heterocycles. The third-order valence-electron chi connectivity index (χ3n) is 2.43. The number of aromatic nitrogens is 1. The zero-order chi connectivity index (χ0) is 9.26. The summed E-state index contributed by atoms with van der Waals surface area (Å²) in [6, 6.07) is 4.12. The summed E-state index contributed by atoms with van der Waals surface area (Å²) in [5.41, 5.74) is 1.16. The molecule has 1 atom stereocenters. The number of nitrogens with zero attached hydrogens (tertiary/aromatic N) is 2. The lowest BCUT2D eigenvalue weighted by Gasteiger charge is -2.18. The fraction of sp³-hybridized carbons (Fsp3) is 0.444. The minimum Gasteiger partial charge on any atom is -0.268 e. The molecular weight excluding hydrogens is 186 g/mol. The minimum absolute atomic E-state index is 0.324. The highest BCUT2D eigenvalue weighted by atomic mass is 35.5. The van der Waals surface area contributed by atoms with Crippen LogP contribution in [0.5, 0.6) is 0 Å². The SMILES string of the molecule is NN1CCC[C@@H]1c1ccc(Cl)nc1. The average Bonchev–Trinajstić information content (AvgIpc) is 2.53. The van der Waals surface area contributed by atoms with E-state index < -0.39 is 0 Å². The van der Waals surface area contributed by atoms with Crippen molar-refractivity contribution in [3.63, 3.8) is 0 Å². The van der Waals surface area contributed by atoms with E-state index in [1.165, 1.54) is 0 Å². The molecular formula is C9H12ClN3. The Kier molecular flexibility index (Phi) is 2.49. The van der Waals surface area contributed by atoms with Crippen LogP contribution in [0.1, 0.15) is 24.4 Å².